The predicted molar refractivity (Wildman–Crippen MR) is 90.9 cm³/mol. The van der Waals surface area contributed by atoms with Gasteiger partial charge >= 0.3 is 0 Å². The fourth-order valence-corrected chi connectivity index (χ4v) is 3.76. The zero-order valence-corrected chi connectivity index (χ0v) is 15.0. The molecule has 130 valence electrons. The normalized spacial score (nSPS) is 21.7. The molecule has 2 N–H and O–H groups in total. The third-order valence-corrected chi connectivity index (χ3v) is 5.24. The Balaban J connectivity index is 1.77. The maximum absolute atomic E-state index is 12.5. The van der Waals surface area contributed by atoms with Crippen molar-refractivity contribution in [2.75, 3.05) is 0 Å². The van der Waals surface area contributed by atoms with Gasteiger partial charge in [-0.3, -0.25) is 4.79 Å². The Hall–Kier alpha value is -1.80. The van der Waals surface area contributed by atoms with Crippen molar-refractivity contribution in [1.82, 2.24) is 24.7 Å². The minimum Gasteiger partial charge on any atom is -0.384 e. The first-order chi connectivity index (χ1) is 11.4. The standard InChI is InChI=1S/C16H23N5O2S/c1-10-11(9-24-19-10)15(22)17-12-6-4-5-7-13(12)21-8-14(18-20-21)16(2,3)23/h8-9,12-13,23H,4-7H2,1-3H3,(H,17,22)/t12-,13+/m0/s1. The van der Waals surface area contributed by atoms with Crippen molar-refractivity contribution in [3.05, 3.63) is 28.5 Å². The Morgan fingerprint density at radius 3 is 2.79 bits per heavy atom. The molecule has 0 radical (unpaired) electrons. The first-order valence-corrected chi connectivity index (χ1v) is 9.06. The van der Waals surface area contributed by atoms with Crippen LogP contribution in [-0.2, 0) is 5.60 Å². The lowest BCUT2D eigenvalue weighted by atomic mass is 9.90. The zero-order valence-electron chi connectivity index (χ0n) is 14.2. The molecule has 3 rings (SSSR count). The largest absolute Gasteiger partial charge is 0.384 e. The van der Waals surface area contributed by atoms with Crippen molar-refractivity contribution >= 4 is 17.4 Å². The predicted octanol–water partition coefficient (Wildman–Crippen LogP) is 2.18. The zero-order chi connectivity index (χ0) is 17.3. The average Bonchev–Trinajstić information content (AvgIpc) is 3.16. The van der Waals surface area contributed by atoms with E-state index in [0.29, 0.717) is 11.3 Å². The maximum Gasteiger partial charge on any atom is 0.254 e. The highest BCUT2D eigenvalue weighted by molar-refractivity contribution is 7.03. The lowest BCUT2D eigenvalue weighted by molar-refractivity contribution is 0.0735. The number of nitrogens with one attached hydrogen (secondary N) is 1. The third-order valence-electron chi connectivity index (χ3n) is 4.52. The van der Waals surface area contributed by atoms with E-state index in [0.717, 1.165) is 31.4 Å². The van der Waals surface area contributed by atoms with Crippen molar-refractivity contribution in [2.45, 2.75) is 64.1 Å². The summed E-state index contributed by atoms with van der Waals surface area (Å²) in [5.74, 6) is -0.0824. The average molecular weight is 349 g/mol. The van der Waals surface area contributed by atoms with Gasteiger partial charge in [0.15, 0.2) is 0 Å². The highest BCUT2D eigenvalue weighted by Crippen LogP contribution is 2.29. The molecular formula is C16H23N5O2S. The van der Waals surface area contributed by atoms with Gasteiger partial charge in [0, 0.05) is 5.38 Å². The molecule has 0 aliphatic heterocycles. The van der Waals surface area contributed by atoms with Crippen molar-refractivity contribution < 1.29 is 9.90 Å². The van der Waals surface area contributed by atoms with Crippen LogP contribution in [0.2, 0.25) is 0 Å². The lowest BCUT2D eigenvalue weighted by Crippen LogP contribution is -2.43. The van der Waals surface area contributed by atoms with Crippen LogP contribution in [0.15, 0.2) is 11.6 Å². The van der Waals surface area contributed by atoms with E-state index in [1.807, 2.05) is 6.92 Å². The fourth-order valence-electron chi connectivity index (χ4n) is 3.07. The molecule has 1 aliphatic rings. The number of rotatable bonds is 4. The van der Waals surface area contributed by atoms with Crippen LogP contribution in [0.1, 0.15) is 67.3 Å². The van der Waals surface area contributed by atoms with Crippen LogP contribution < -0.4 is 5.32 Å². The number of hydrogen-bond donors (Lipinski definition) is 2. The maximum atomic E-state index is 12.5. The van der Waals surface area contributed by atoms with Crippen molar-refractivity contribution in [3.63, 3.8) is 0 Å². The van der Waals surface area contributed by atoms with Gasteiger partial charge in [0.1, 0.15) is 11.3 Å². The summed E-state index contributed by atoms with van der Waals surface area (Å²) in [4.78, 5) is 12.5. The SMILES string of the molecule is Cc1nscc1C(=O)N[C@H]1CCCC[C@H]1n1cc(C(C)(C)O)nn1. The monoisotopic (exact) mass is 349 g/mol. The number of aryl methyl sites for hydroxylation is 1. The van der Waals surface area contributed by atoms with Gasteiger partial charge < -0.3 is 10.4 Å². The van der Waals surface area contributed by atoms with Crippen molar-refractivity contribution in [2.24, 2.45) is 0 Å². The number of carbonyl (C=O) groups is 1. The van der Waals surface area contributed by atoms with E-state index in [9.17, 15) is 9.90 Å². The fraction of sp³-hybridized carbons (Fsp3) is 0.625. The van der Waals surface area contributed by atoms with Crippen molar-refractivity contribution in [1.29, 1.82) is 0 Å². The summed E-state index contributed by atoms with van der Waals surface area (Å²) in [5.41, 5.74) is 0.913. The molecule has 2 atom stereocenters. The molecule has 1 aliphatic carbocycles. The summed E-state index contributed by atoms with van der Waals surface area (Å²) in [7, 11) is 0. The van der Waals surface area contributed by atoms with Crippen molar-refractivity contribution in [3.8, 4) is 0 Å². The van der Waals surface area contributed by atoms with E-state index in [1.54, 1.807) is 30.1 Å². The molecule has 8 heteroatoms. The summed E-state index contributed by atoms with van der Waals surface area (Å²) in [6.07, 6.45) is 5.79. The molecule has 0 aromatic carbocycles. The van der Waals surface area contributed by atoms with Crippen LogP contribution in [0.4, 0.5) is 0 Å². The lowest BCUT2D eigenvalue weighted by Gasteiger charge is -2.32. The molecule has 24 heavy (non-hydrogen) atoms. The third kappa shape index (κ3) is 3.49. The summed E-state index contributed by atoms with van der Waals surface area (Å²) in [6, 6.07) is 0.0557. The van der Waals surface area contributed by atoms with Gasteiger partial charge in [0.05, 0.1) is 29.5 Å². The van der Waals surface area contributed by atoms with Crippen LogP contribution in [0, 0.1) is 6.92 Å². The second-order valence-electron chi connectivity index (χ2n) is 6.89. The number of aromatic nitrogens is 4. The second-order valence-corrected chi connectivity index (χ2v) is 7.52. The Morgan fingerprint density at radius 2 is 2.17 bits per heavy atom. The molecule has 0 spiro atoms. The second kappa shape index (κ2) is 6.60. The Labute approximate surface area is 145 Å². The molecule has 1 saturated carbocycles. The molecule has 0 unspecified atom stereocenters. The first kappa shape index (κ1) is 17.0. The van der Waals surface area contributed by atoms with Gasteiger partial charge in [0.25, 0.3) is 5.91 Å². The summed E-state index contributed by atoms with van der Waals surface area (Å²) in [5, 5.41) is 23.3. The van der Waals surface area contributed by atoms with E-state index in [2.05, 4.69) is 20.0 Å². The van der Waals surface area contributed by atoms with E-state index in [1.165, 1.54) is 11.5 Å². The van der Waals surface area contributed by atoms with Gasteiger partial charge in [0.2, 0.25) is 0 Å². The number of amides is 1. The summed E-state index contributed by atoms with van der Waals surface area (Å²) >= 11 is 1.29. The molecule has 0 saturated heterocycles. The van der Waals surface area contributed by atoms with Crippen LogP contribution in [0.25, 0.3) is 0 Å². The van der Waals surface area contributed by atoms with Gasteiger partial charge in [-0.25, -0.2) is 4.68 Å². The number of carbonyl (C=O) groups excluding carboxylic acids is 1. The van der Waals surface area contributed by atoms with E-state index in [-0.39, 0.29) is 18.0 Å². The van der Waals surface area contributed by atoms with Gasteiger partial charge in [-0.2, -0.15) is 4.37 Å². The smallest absolute Gasteiger partial charge is 0.254 e. The minimum absolute atomic E-state index is 0.00176. The van der Waals surface area contributed by atoms with E-state index < -0.39 is 5.60 Å². The van der Waals surface area contributed by atoms with Gasteiger partial charge in [-0.05, 0) is 45.1 Å². The first-order valence-electron chi connectivity index (χ1n) is 8.23. The Morgan fingerprint density at radius 1 is 1.42 bits per heavy atom. The van der Waals surface area contributed by atoms with Crippen LogP contribution in [-0.4, -0.2) is 36.4 Å². The van der Waals surface area contributed by atoms with E-state index in [4.69, 9.17) is 0 Å². The molecule has 7 nitrogen and oxygen atoms in total. The topological polar surface area (TPSA) is 92.9 Å². The van der Waals surface area contributed by atoms with Crippen LogP contribution >= 0.6 is 11.5 Å². The quantitative estimate of drug-likeness (QED) is 0.882. The Kier molecular flexibility index (Phi) is 4.69. The molecule has 2 aromatic heterocycles. The van der Waals surface area contributed by atoms with Crippen LogP contribution in [0.3, 0.4) is 0 Å². The highest BCUT2D eigenvalue weighted by atomic mass is 32.1. The van der Waals surface area contributed by atoms with Gasteiger partial charge in [-0.1, -0.05) is 18.1 Å². The van der Waals surface area contributed by atoms with Crippen LogP contribution in [0.5, 0.6) is 0 Å². The molecule has 1 amide bonds. The van der Waals surface area contributed by atoms with E-state index >= 15 is 0 Å². The number of hydrogen-bond acceptors (Lipinski definition) is 6. The summed E-state index contributed by atoms with van der Waals surface area (Å²) < 4.78 is 5.95. The molecular weight excluding hydrogens is 326 g/mol. The highest BCUT2D eigenvalue weighted by Gasteiger charge is 2.31. The number of aliphatic hydroxyl groups is 1. The molecule has 2 heterocycles. The minimum atomic E-state index is -1.02. The van der Waals surface area contributed by atoms with Gasteiger partial charge in [-0.15, -0.1) is 5.10 Å². The molecule has 1 fully saturated rings. The molecule has 2 aromatic rings. The summed E-state index contributed by atoms with van der Waals surface area (Å²) in [6.45, 7) is 5.22. The molecule has 0 bridgehead atoms. The Bertz CT molecular complexity index is 718. The number of nitrogens with zero attached hydrogens (tertiary/aromatic N) is 4.